The molecule has 300 valence electrons. The molecule has 2 aliphatic heterocycles. The number of aryl methyl sites for hydroxylation is 1. The van der Waals surface area contributed by atoms with Gasteiger partial charge in [0.25, 0.3) is 5.91 Å². The van der Waals surface area contributed by atoms with Crippen molar-refractivity contribution in [3.63, 3.8) is 0 Å². The largest absolute Gasteiger partial charge is 0.458 e. The molecule has 2 aliphatic rings. The van der Waals surface area contributed by atoms with E-state index in [1.54, 1.807) is 6.92 Å². The molecule has 0 radical (unpaired) electrons. The first-order chi connectivity index (χ1) is 26.8. The Morgan fingerprint density at radius 3 is 2.27 bits per heavy atom. The third-order valence-electron chi connectivity index (χ3n) is 10.0. The third kappa shape index (κ3) is 11.3. The van der Waals surface area contributed by atoms with E-state index in [1.807, 2.05) is 88.4 Å². The van der Waals surface area contributed by atoms with Crippen molar-refractivity contribution in [2.45, 2.75) is 122 Å². The number of thiazole rings is 1. The lowest BCUT2D eigenvalue weighted by molar-refractivity contribution is -0.145. The number of epoxide rings is 1. The molecule has 0 aliphatic carbocycles. The molecule has 2 unspecified atom stereocenters. The summed E-state index contributed by atoms with van der Waals surface area (Å²) in [6.07, 6.45) is 3.88. The van der Waals surface area contributed by atoms with Gasteiger partial charge in [-0.3, -0.25) is 28.8 Å². The van der Waals surface area contributed by atoms with E-state index in [4.69, 9.17) is 9.47 Å². The van der Waals surface area contributed by atoms with Gasteiger partial charge in [0.1, 0.15) is 40.2 Å². The van der Waals surface area contributed by atoms with Crippen LogP contribution in [0.15, 0.2) is 66.9 Å². The monoisotopic (exact) mass is 787 g/mol. The zero-order valence-electron chi connectivity index (χ0n) is 32.7. The SMILES string of the molecule is CCCC(=O)OCc1ncc(C(=O)N[C@@H](CCc2ccccc2)C(=O)N[C@H]2CC(C)N([C@@H](Cc3ccccc3)C(=O)N[C@@H](CC(C)C)C(=O)C3(C)CO3)C2=O)s1. The molecule has 2 saturated heterocycles. The quantitative estimate of drug-likeness (QED) is 0.111. The lowest BCUT2D eigenvalue weighted by Crippen LogP contribution is -2.57. The van der Waals surface area contributed by atoms with Crippen LogP contribution in [0.2, 0.25) is 0 Å². The highest BCUT2D eigenvalue weighted by Gasteiger charge is 2.51. The Hall–Kier alpha value is -4.95. The molecule has 0 spiro atoms. The minimum atomic E-state index is -1.01. The summed E-state index contributed by atoms with van der Waals surface area (Å²) < 4.78 is 10.7. The Morgan fingerprint density at radius 2 is 1.64 bits per heavy atom. The van der Waals surface area contributed by atoms with Crippen molar-refractivity contribution in [3.05, 3.63) is 87.9 Å². The zero-order chi connectivity index (χ0) is 40.4. The number of rotatable bonds is 20. The lowest BCUT2D eigenvalue weighted by atomic mass is 9.92. The first-order valence-corrected chi connectivity index (χ1v) is 20.2. The number of hydrogen-bond donors (Lipinski definition) is 3. The normalized spacial score (nSPS) is 20.5. The average molecular weight is 788 g/mol. The minimum absolute atomic E-state index is 0.0566. The van der Waals surface area contributed by atoms with Crippen molar-refractivity contribution in [2.24, 2.45) is 5.92 Å². The molecular formula is C42H53N5O8S. The number of benzene rings is 2. The van der Waals surface area contributed by atoms with Crippen molar-refractivity contribution < 1.29 is 38.2 Å². The van der Waals surface area contributed by atoms with Crippen LogP contribution in [0.5, 0.6) is 0 Å². The summed E-state index contributed by atoms with van der Waals surface area (Å²) in [6, 6.07) is 14.7. The smallest absolute Gasteiger partial charge is 0.306 e. The molecule has 5 rings (SSSR count). The number of esters is 1. The molecule has 3 aromatic rings. The Bertz CT molecular complexity index is 1850. The van der Waals surface area contributed by atoms with Gasteiger partial charge >= 0.3 is 5.97 Å². The van der Waals surface area contributed by atoms with Crippen LogP contribution in [0.1, 0.15) is 92.5 Å². The van der Waals surface area contributed by atoms with E-state index < -0.39 is 59.4 Å². The van der Waals surface area contributed by atoms with Crippen LogP contribution < -0.4 is 16.0 Å². The number of Topliss-reactive ketones (excluding diaryl/α,β-unsaturated/α-hetero) is 1. The maximum atomic E-state index is 14.3. The van der Waals surface area contributed by atoms with Crippen LogP contribution in [0.25, 0.3) is 0 Å². The molecule has 6 atom stereocenters. The molecule has 0 bridgehead atoms. The minimum Gasteiger partial charge on any atom is -0.458 e. The van der Waals surface area contributed by atoms with Crippen LogP contribution in [0.4, 0.5) is 0 Å². The Balaban J connectivity index is 1.32. The molecule has 0 saturated carbocycles. The van der Waals surface area contributed by atoms with E-state index in [-0.39, 0.29) is 54.8 Å². The van der Waals surface area contributed by atoms with E-state index in [2.05, 4.69) is 20.9 Å². The van der Waals surface area contributed by atoms with Crippen LogP contribution in [-0.2, 0) is 52.9 Å². The Morgan fingerprint density at radius 1 is 0.982 bits per heavy atom. The van der Waals surface area contributed by atoms with Crippen molar-refractivity contribution in [2.75, 3.05) is 6.61 Å². The van der Waals surface area contributed by atoms with E-state index >= 15 is 0 Å². The van der Waals surface area contributed by atoms with Crippen LogP contribution >= 0.6 is 11.3 Å². The fourth-order valence-corrected chi connectivity index (χ4v) is 7.64. The average Bonchev–Trinajstić information content (AvgIpc) is 3.63. The summed E-state index contributed by atoms with van der Waals surface area (Å²) in [5.41, 5.74) is 0.862. The predicted molar refractivity (Wildman–Crippen MR) is 210 cm³/mol. The van der Waals surface area contributed by atoms with Crippen LogP contribution in [-0.4, -0.2) is 87.7 Å². The summed E-state index contributed by atoms with van der Waals surface area (Å²) in [6.45, 7) is 9.61. The van der Waals surface area contributed by atoms with E-state index in [0.717, 1.165) is 22.5 Å². The third-order valence-corrected chi connectivity index (χ3v) is 11.0. The highest BCUT2D eigenvalue weighted by molar-refractivity contribution is 7.13. The van der Waals surface area contributed by atoms with Crippen molar-refractivity contribution in [3.8, 4) is 0 Å². The van der Waals surface area contributed by atoms with E-state index in [1.165, 1.54) is 11.1 Å². The van der Waals surface area contributed by atoms with E-state index in [9.17, 15) is 28.8 Å². The molecule has 1 aromatic heterocycles. The Kier molecular flexibility index (Phi) is 14.5. The number of likely N-dealkylation sites (tertiary alicyclic amines) is 1. The van der Waals surface area contributed by atoms with Gasteiger partial charge < -0.3 is 30.3 Å². The fourth-order valence-electron chi connectivity index (χ4n) is 6.91. The summed E-state index contributed by atoms with van der Waals surface area (Å²) in [5, 5.41) is 9.13. The van der Waals surface area contributed by atoms with Crippen molar-refractivity contribution >= 4 is 46.7 Å². The Labute approximate surface area is 332 Å². The molecule has 13 nitrogen and oxygen atoms in total. The predicted octanol–water partition coefficient (Wildman–Crippen LogP) is 4.32. The number of ether oxygens (including phenoxy) is 2. The number of aromatic nitrogens is 1. The fraction of sp³-hybridized carbons (Fsp3) is 0.500. The maximum Gasteiger partial charge on any atom is 0.306 e. The second-order valence-electron chi connectivity index (χ2n) is 15.3. The molecular weight excluding hydrogens is 735 g/mol. The molecule has 2 fully saturated rings. The number of nitrogens with one attached hydrogen (secondary N) is 3. The summed E-state index contributed by atoms with van der Waals surface area (Å²) >= 11 is 1.06. The molecule has 14 heteroatoms. The van der Waals surface area contributed by atoms with Crippen molar-refractivity contribution in [1.82, 2.24) is 25.8 Å². The summed E-state index contributed by atoms with van der Waals surface area (Å²) in [7, 11) is 0. The molecule has 3 N–H and O–H groups in total. The van der Waals surface area contributed by atoms with Gasteiger partial charge in [-0.15, -0.1) is 11.3 Å². The van der Waals surface area contributed by atoms with Crippen molar-refractivity contribution in [1.29, 1.82) is 0 Å². The maximum absolute atomic E-state index is 14.3. The number of amides is 4. The second kappa shape index (κ2) is 19.3. The molecule has 4 amide bonds. The van der Waals surface area contributed by atoms with Gasteiger partial charge in [-0.2, -0.15) is 0 Å². The van der Waals surface area contributed by atoms with Gasteiger partial charge in [-0.1, -0.05) is 81.4 Å². The highest BCUT2D eigenvalue weighted by Crippen LogP contribution is 2.30. The molecule has 2 aromatic carbocycles. The summed E-state index contributed by atoms with van der Waals surface area (Å²) in [4.78, 5) is 87.2. The number of nitrogens with zero attached hydrogens (tertiary/aromatic N) is 2. The molecule has 3 heterocycles. The topological polar surface area (TPSA) is 176 Å². The van der Waals surface area contributed by atoms with Gasteiger partial charge in [0, 0.05) is 18.9 Å². The second-order valence-corrected chi connectivity index (χ2v) is 16.4. The van der Waals surface area contributed by atoms with Gasteiger partial charge in [0.05, 0.1) is 18.8 Å². The first kappa shape index (κ1) is 42.2. The summed E-state index contributed by atoms with van der Waals surface area (Å²) in [5.74, 6) is -2.39. The van der Waals surface area contributed by atoms with Gasteiger partial charge in [0.2, 0.25) is 17.7 Å². The molecule has 56 heavy (non-hydrogen) atoms. The lowest BCUT2D eigenvalue weighted by Gasteiger charge is -2.33. The number of carbonyl (C=O) groups excluding carboxylic acids is 6. The van der Waals surface area contributed by atoms with Gasteiger partial charge in [-0.05, 0) is 63.0 Å². The number of hydrogen-bond acceptors (Lipinski definition) is 10. The zero-order valence-corrected chi connectivity index (χ0v) is 33.6. The van der Waals surface area contributed by atoms with Crippen LogP contribution in [0.3, 0.4) is 0 Å². The van der Waals surface area contributed by atoms with Gasteiger partial charge in [-0.25, -0.2) is 4.98 Å². The number of carbonyl (C=O) groups is 6. The van der Waals surface area contributed by atoms with Crippen LogP contribution in [0, 0.1) is 5.92 Å². The first-order valence-electron chi connectivity index (χ1n) is 19.4. The number of ketones is 1. The van der Waals surface area contributed by atoms with Gasteiger partial charge in [0.15, 0.2) is 5.78 Å². The van der Waals surface area contributed by atoms with E-state index in [0.29, 0.717) is 30.9 Å². The highest BCUT2D eigenvalue weighted by atomic mass is 32.1. The standard InChI is InChI=1S/C42H53N5O8S/c1-6-13-36(48)54-24-35-43-23-34(56-35)40(52)44-30(19-18-28-14-9-7-10-15-28)38(50)46-32-21-27(4)47(41(32)53)33(22-29-16-11-8-12-17-29)39(51)45-31(20-26(2)3)37(49)42(5)25-55-42/h7-12,14-17,23,26-27,30-33H,6,13,18-22,24-25H2,1-5H3,(H,44,52)(H,45,51)(H,46,50)/t27?,30-,31-,32-,33-,42?/m0/s1.